The Balaban J connectivity index is 1.83. The molecule has 0 spiro atoms. The van der Waals surface area contributed by atoms with Gasteiger partial charge in [0, 0.05) is 15.8 Å². The Morgan fingerprint density at radius 1 is 1.38 bits per heavy atom. The van der Waals surface area contributed by atoms with Crippen LogP contribution in [0.15, 0.2) is 23.3 Å². The summed E-state index contributed by atoms with van der Waals surface area (Å²) in [5.41, 5.74) is 0.670. The molecule has 9 heteroatoms. The fourth-order valence-corrected chi connectivity index (χ4v) is 6.53. The summed E-state index contributed by atoms with van der Waals surface area (Å²) in [5, 5.41) is 14.8. The van der Waals surface area contributed by atoms with Gasteiger partial charge in [0.05, 0.1) is 28.8 Å². The van der Waals surface area contributed by atoms with Crippen LogP contribution >= 0.6 is 35.0 Å². The van der Waals surface area contributed by atoms with Crippen LogP contribution in [0.2, 0.25) is 10.0 Å². The molecule has 2 aliphatic heterocycles. The van der Waals surface area contributed by atoms with Crippen molar-refractivity contribution < 1.29 is 8.42 Å². The van der Waals surface area contributed by atoms with E-state index in [1.165, 1.54) is 23.0 Å². The van der Waals surface area contributed by atoms with Crippen LogP contribution in [0.4, 0.5) is 0 Å². The van der Waals surface area contributed by atoms with Gasteiger partial charge in [-0.3, -0.25) is 5.41 Å². The maximum Gasteiger partial charge on any atom is 0.177 e. The fourth-order valence-electron chi connectivity index (χ4n) is 2.35. The molecule has 0 amide bonds. The van der Waals surface area contributed by atoms with Crippen LogP contribution in [-0.4, -0.2) is 47.6 Å². The molecule has 1 aromatic rings. The SMILES string of the molecule is N=C1SC2CS(=O)(=O)CC2N1N=Cc1ccc(Cl)cc1Cl. The number of halogens is 2. The van der Waals surface area contributed by atoms with Gasteiger partial charge in [-0.1, -0.05) is 41.0 Å². The van der Waals surface area contributed by atoms with Crippen molar-refractivity contribution >= 4 is 56.2 Å². The van der Waals surface area contributed by atoms with Crippen LogP contribution < -0.4 is 0 Å². The number of thioether (sulfide) groups is 1. The second kappa shape index (κ2) is 5.46. The standard InChI is InChI=1S/C12H11Cl2N3O2S2/c13-8-2-1-7(9(14)3-8)4-16-17-10-5-21(18,19)6-11(10)20-12(17)15/h1-4,10-11,15H,5-6H2. The van der Waals surface area contributed by atoms with Gasteiger partial charge in [-0.15, -0.1) is 0 Å². The first-order valence-corrected chi connectivity index (χ1v) is 9.55. The van der Waals surface area contributed by atoms with Crippen molar-refractivity contribution in [2.45, 2.75) is 11.3 Å². The number of rotatable bonds is 2. The third-order valence-corrected chi connectivity index (χ3v) is 7.02. The molecule has 2 saturated heterocycles. The van der Waals surface area contributed by atoms with Crippen LogP contribution in [0.5, 0.6) is 0 Å². The lowest BCUT2D eigenvalue weighted by molar-refractivity contribution is 0.376. The lowest BCUT2D eigenvalue weighted by atomic mass is 10.2. The molecular formula is C12H11Cl2N3O2S2. The van der Waals surface area contributed by atoms with E-state index in [4.69, 9.17) is 28.6 Å². The molecule has 2 atom stereocenters. The highest BCUT2D eigenvalue weighted by Crippen LogP contribution is 2.37. The second-order valence-corrected chi connectivity index (χ2v) is 9.09. The Bertz CT molecular complexity index is 736. The zero-order valence-corrected chi connectivity index (χ0v) is 13.8. The normalized spacial score (nSPS) is 27.5. The quantitative estimate of drug-likeness (QED) is 0.819. The predicted octanol–water partition coefficient (Wildman–Crippen LogP) is 2.48. The number of amidine groups is 1. The molecule has 21 heavy (non-hydrogen) atoms. The van der Waals surface area contributed by atoms with E-state index in [-0.39, 0.29) is 28.0 Å². The van der Waals surface area contributed by atoms with Crippen LogP contribution in [0, 0.1) is 5.41 Å². The molecule has 2 fully saturated rings. The maximum absolute atomic E-state index is 11.7. The molecular weight excluding hydrogens is 353 g/mol. The monoisotopic (exact) mass is 363 g/mol. The number of hydrogen-bond acceptors (Lipinski definition) is 5. The summed E-state index contributed by atoms with van der Waals surface area (Å²) in [6, 6.07) is 4.76. The average Bonchev–Trinajstić information content (AvgIpc) is 2.80. The van der Waals surface area contributed by atoms with Crippen LogP contribution in [0.1, 0.15) is 5.56 Å². The second-order valence-electron chi connectivity index (χ2n) is 4.86. The maximum atomic E-state index is 11.7. The van der Waals surface area contributed by atoms with Crippen LogP contribution in [0.3, 0.4) is 0 Å². The van der Waals surface area contributed by atoms with Gasteiger partial charge in [-0.2, -0.15) is 5.10 Å². The van der Waals surface area contributed by atoms with Crippen molar-refractivity contribution in [1.82, 2.24) is 5.01 Å². The predicted molar refractivity (Wildman–Crippen MR) is 87.4 cm³/mol. The molecule has 5 nitrogen and oxygen atoms in total. The minimum absolute atomic E-state index is 0.0404. The smallest absolute Gasteiger partial charge is 0.177 e. The molecule has 3 rings (SSSR count). The molecule has 2 unspecified atom stereocenters. The first-order valence-electron chi connectivity index (χ1n) is 6.10. The zero-order chi connectivity index (χ0) is 15.2. The van der Waals surface area contributed by atoms with Gasteiger partial charge in [0.1, 0.15) is 0 Å². The molecule has 0 bridgehead atoms. The highest BCUT2D eigenvalue weighted by molar-refractivity contribution is 8.15. The largest absolute Gasteiger partial charge is 0.277 e. The molecule has 0 radical (unpaired) electrons. The molecule has 1 aromatic carbocycles. The van der Waals surface area contributed by atoms with E-state index in [0.29, 0.717) is 15.6 Å². The van der Waals surface area contributed by atoms with Crippen molar-refractivity contribution in [1.29, 1.82) is 5.41 Å². The summed E-state index contributed by atoms with van der Waals surface area (Å²) < 4.78 is 23.3. The number of nitrogens with zero attached hydrogens (tertiary/aromatic N) is 2. The van der Waals surface area contributed by atoms with E-state index >= 15 is 0 Å². The van der Waals surface area contributed by atoms with Gasteiger partial charge in [0.15, 0.2) is 15.0 Å². The molecule has 1 N–H and O–H groups in total. The molecule has 2 heterocycles. The molecule has 0 aromatic heterocycles. The van der Waals surface area contributed by atoms with E-state index in [1.54, 1.807) is 18.2 Å². The van der Waals surface area contributed by atoms with Crippen LogP contribution in [0.25, 0.3) is 0 Å². The highest BCUT2D eigenvalue weighted by Gasteiger charge is 2.48. The number of hydrazone groups is 1. The Morgan fingerprint density at radius 3 is 2.86 bits per heavy atom. The minimum Gasteiger partial charge on any atom is -0.277 e. The molecule has 0 aliphatic carbocycles. The summed E-state index contributed by atoms with van der Waals surface area (Å²) in [6.07, 6.45) is 1.53. The van der Waals surface area contributed by atoms with Crippen molar-refractivity contribution in [2.75, 3.05) is 11.5 Å². The van der Waals surface area contributed by atoms with Crippen molar-refractivity contribution in [2.24, 2.45) is 5.10 Å². The Hall–Kier alpha value is -0.760. The van der Waals surface area contributed by atoms with Crippen molar-refractivity contribution in [3.8, 4) is 0 Å². The third-order valence-electron chi connectivity index (χ3n) is 3.34. The first-order chi connectivity index (χ1) is 9.85. The Kier molecular flexibility index (Phi) is 3.94. The van der Waals surface area contributed by atoms with Gasteiger partial charge in [-0.25, -0.2) is 13.4 Å². The summed E-state index contributed by atoms with van der Waals surface area (Å²) in [7, 11) is -3.04. The summed E-state index contributed by atoms with van der Waals surface area (Å²) >= 11 is 13.1. The number of hydrogen-bond donors (Lipinski definition) is 1. The van der Waals surface area contributed by atoms with Gasteiger partial charge >= 0.3 is 0 Å². The van der Waals surface area contributed by atoms with Gasteiger partial charge in [0.25, 0.3) is 0 Å². The minimum atomic E-state index is -3.04. The van der Waals surface area contributed by atoms with Gasteiger partial charge in [0.2, 0.25) is 0 Å². The van der Waals surface area contributed by atoms with E-state index in [2.05, 4.69) is 5.10 Å². The molecule has 2 aliphatic rings. The number of benzene rings is 1. The van der Waals surface area contributed by atoms with Crippen molar-refractivity contribution in [3.05, 3.63) is 33.8 Å². The van der Waals surface area contributed by atoms with E-state index in [1.807, 2.05) is 0 Å². The lowest BCUT2D eigenvalue weighted by Gasteiger charge is -2.17. The lowest BCUT2D eigenvalue weighted by Crippen LogP contribution is -2.32. The van der Waals surface area contributed by atoms with E-state index in [9.17, 15) is 8.42 Å². The Labute approximate surface area is 136 Å². The average molecular weight is 364 g/mol. The topological polar surface area (TPSA) is 73.6 Å². The van der Waals surface area contributed by atoms with Crippen molar-refractivity contribution in [3.63, 3.8) is 0 Å². The summed E-state index contributed by atoms with van der Waals surface area (Å²) in [4.78, 5) is 0. The molecule has 112 valence electrons. The highest BCUT2D eigenvalue weighted by atomic mass is 35.5. The number of nitrogens with one attached hydrogen (secondary N) is 1. The van der Waals surface area contributed by atoms with E-state index in [0.717, 1.165) is 0 Å². The fraction of sp³-hybridized carbons (Fsp3) is 0.333. The molecule has 0 saturated carbocycles. The Morgan fingerprint density at radius 2 is 2.14 bits per heavy atom. The number of sulfone groups is 1. The first kappa shape index (κ1) is 15.1. The van der Waals surface area contributed by atoms with E-state index < -0.39 is 9.84 Å². The summed E-state index contributed by atoms with van der Waals surface area (Å²) in [6.45, 7) is 0. The third kappa shape index (κ3) is 3.06. The number of fused-ring (bicyclic) bond motifs is 1. The zero-order valence-electron chi connectivity index (χ0n) is 10.7. The van der Waals surface area contributed by atoms with Gasteiger partial charge in [-0.05, 0) is 12.1 Å². The van der Waals surface area contributed by atoms with Gasteiger partial charge < -0.3 is 0 Å². The van der Waals surface area contributed by atoms with Crippen LogP contribution in [-0.2, 0) is 9.84 Å². The summed E-state index contributed by atoms with van der Waals surface area (Å²) in [5.74, 6) is 0.150.